The van der Waals surface area contributed by atoms with E-state index in [1.165, 1.54) is 10.9 Å². The Morgan fingerprint density at radius 3 is 2.07 bits per heavy atom. The van der Waals surface area contributed by atoms with Crippen molar-refractivity contribution < 1.29 is 19.8 Å². The van der Waals surface area contributed by atoms with Crippen LogP contribution in [-0.4, -0.2) is 27.1 Å². The van der Waals surface area contributed by atoms with Crippen LogP contribution in [0.1, 0.15) is 25.3 Å². The van der Waals surface area contributed by atoms with Crippen molar-refractivity contribution >= 4 is 33.6 Å². The second kappa shape index (κ2) is 11.3. The monoisotopic (exact) mass is 391 g/mol. The summed E-state index contributed by atoms with van der Waals surface area (Å²) in [5.74, 6) is -1.50. The molecule has 3 aromatic carbocycles. The molecule has 0 spiro atoms. The number of carboxylic acid groups (broad SMARTS) is 2. The van der Waals surface area contributed by atoms with E-state index in [-0.39, 0.29) is 6.42 Å². The standard InChI is InChI=1S/C12H10O2.C8H7N.C4H8O2/c13-12(14)8-10-6-3-5-9-4-1-2-7-11(9)10;1-2-4-8-7(3-1)5-6-9-8;1-2-3-4(5)6/h1-7H,8H2,(H,13,14);1-6,9H;2-3H2,1H3,(H,5,6). The molecule has 0 saturated carbocycles. The van der Waals surface area contributed by atoms with Crippen LogP contribution in [0.2, 0.25) is 0 Å². The Hall–Kier alpha value is -3.60. The van der Waals surface area contributed by atoms with Crippen LogP contribution in [0.25, 0.3) is 21.7 Å². The molecule has 4 aromatic rings. The molecule has 0 unspecified atom stereocenters. The first-order valence-electron chi connectivity index (χ1n) is 9.43. The minimum absolute atomic E-state index is 0.0847. The van der Waals surface area contributed by atoms with E-state index in [1.54, 1.807) is 0 Å². The lowest BCUT2D eigenvalue weighted by Crippen LogP contribution is -2.00. The van der Waals surface area contributed by atoms with Crippen LogP contribution in [0.15, 0.2) is 79.0 Å². The van der Waals surface area contributed by atoms with Gasteiger partial charge in [-0.15, -0.1) is 0 Å². The average molecular weight is 391 g/mol. The normalized spacial score (nSPS) is 9.83. The van der Waals surface area contributed by atoms with Crippen molar-refractivity contribution in [1.82, 2.24) is 4.98 Å². The molecule has 29 heavy (non-hydrogen) atoms. The summed E-state index contributed by atoms with van der Waals surface area (Å²) in [7, 11) is 0. The van der Waals surface area contributed by atoms with Gasteiger partial charge in [-0.05, 0) is 40.3 Å². The number of hydrogen-bond donors (Lipinski definition) is 3. The number of nitrogens with one attached hydrogen (secondary N) is 1. The van der Waals surface area contributed by atoms with Crippen LogP contribution < -0.4 is 0 Å². The summed E-state index contributed by atoms with van der Waals surface area (Å²) in [4.78, 5) is 23.3. The third-order valence-corrected chi connectivity index (χ3v) is 4.15. The molecule has 4 rings (SSSR count). The number of aromatic nitrogens is 1. The largest absolute Gasteiger partial charge is 0.481 e. The molecule has 1 heterocycles. The third kappa shape index (κ3) is 7.14. The number of fused-ring (bicyclic) bond motifs is 2. The van der Waals surface area contributed by atoms with Crippen molar-refractivity contribution in [3.05, 3.63) is 84.6 Å². The van der Waals surface area contributed by atoms with Gasteiger partial charge in [0.1, 0.15) is 0 Å². The molecule has 5 heteroatoms. The van der Waals surface area contributed by atoms with Gasteiger partial charge in [0, 0.05) is 18.1 Å². The van der Waals surface area contributed by atoms with E-state index < -0.39 is 11.9 Å². The van der Waals surface area contributed by atoms with Crippen LogP contribution in [0.5, 0.6) is 0 Å². The minimum atomic E-state index is -0.790. The molecule has 0 fully saturated rings. The smallest absolute Gasteiger partial charge is 0.307 e. The number of benzene rings is 3. The predicted octanol–water partition coefficient (Wildman–Crippen LogP) is 5.51. The molecule has 0 aliphatic heterocycles. The number of carbonyl (C=O) groups is 2. The molecule has 0 atom stereocenters. The molecule has 0 bridgehead atoms. The lowest BCUT2D eigenvalue weighted by Gasteiger charge is -2.02. The molecule has 5 nitrogen and oxygen atoms in total. The highest BCUT2D eigenvalue weighted by Gasteiger charge is 2.03. The molecule has 3 N–H and O–H groups in total. The number of para-hydroxylation sites is 1. The Kier molecular flexibility index (Phi) is 8.45. The molecule has 0 aliphatic rings. The fourth-order valence-electron chi connectivity index (χ4n) is 2.82. The summed E-state index contributed by atoms with van der Waals surface area (Å²) >= 11 is 0. The lowest BCUT2D eigenvalue weighted by molar-refractivity contribution is -0.137. The number of rotatable bonds is 4. The van der Waals surface area contributed by atoms with Crippen LogP contribution in [0.3, 0.4) is 0 Å². The molecule has 1 aromatic heterocycles. The first-order valence-corrected chi connectivity index (χ1v) is 9.43. The quantitative estimate of drug-likeness (QED) is 0.428. The van der Waals surface area contributed by atoms with E-state index >= 15 is 0 Å². The van der Waals surface area contributed by atoms with E-state index in [9.17, 15) is 9.59 Å². The fraction of sp³-hybridized carbons (Fsp3) is 0.167. The molecule has 0 aliphatic carbocycles. The highest BCUT2D eigenvalue weighted by atomic mass is 16.4. The lowest BCUT2D eigenvalue weighted by atomic mass is 10.0. The van der Waals surface area contributed by atoms with Gasteiger partial charge in [-0.2, -0.15) is 0 Å². The van der Waals surface area contributed by atoms with Gasteiger partial charge in [0.25, 0.3) is 0 Å². The van der Waals surface area contributed by atoms with E-state index in [2.05, 4.69) is 23.2 Å². The Bertz CT molecular complexity index is 1030. The SMILES string of the molecule is CCCC(=O)O.O=C(O)Cc1cccc2ccccc12.c1ccc2[nH]ccc2c1. The summed E-state index contributed by atoms with van der Waals surface area (Å²) in [5.41, 5.74) is 2.08. The Morgan fingerprint density at radius 2 is 1.45 bits per heavy atom. The number of carboxylic acids is 2. The fourth-order valence-corrected chi connectivity index (χ4v) is 2.82. The van der Waals surface area contributed by atoms with Crippen molar-refractivity contribution in [3.8, 4) is 0 Å². The van der Waals surface area contributed by atoms with Gasteiger partial charge in [-0.3, -0.25) is 9.59 Å². The van der Waals surface area contributed by atoms with Gasteiger partial charge in [0.2, 0.25) is 0 Å². The summed E-state index contributed by atoms with van der Waals surface area (Å²) in [6.45, 7) is 1.84. The maximum absolute atomic E-state index is 10.6. The Balaban J connectivity index is 0.000000172. The topological polar surface area (TPSA) is 90.4 Å². The van der Waals surface area contributed by atoms with E-state index in [4.69, 9.17) is 10.2 Å². The van der Waals surface area contributed by atoms with Gasteiger partial charge < -0.3 is 15.2 Å². The summed E-state index contributed by atoms with van der Waals surface area (Å²) in [6, 6.07) is 23.8. The van der Waals surface area contributed by atoms with Gasteiger partial charge in [0.15, 0.2) is 0 Å². The summed E-state index contributed by atoms with van der Waals surface area (Å²) < 4.78 is 0. The van der Waals surface area contributed by atoms with Crippen LogP contribution in [0, 0.1) is 0 Å². The zero-order valence-corrected chi connectivity index (χ0v) is 16.3. The molecule has 0 radical (unpaired) electrons. The van der Waals surface area contributed by atoms with Crippen molar-refractivity contribution in [3.63, 3.8) is 0 Å². The summed E-state index contributed by atoms with van der Waals surface area (Å²) in [6.07, 6.45) is 3.06. The first-order chi connectivity index (χ1) is 14.0. The molecular weight excluding hydrogens is 366 g/mol. The first kappa shape index (κ1) is 21.7. The number of aliphatic carboxylic acids is 2. The number of aromatic amines is 1. The van der Waals surface area contributed by atoms with Gasteiger partial charge in [-0.25, -0.2) is 0 Å². The van der Waals surface area contributed by atoms with Crippen LogP contribution >= 0.6 is 0 Å². The molecule has 0 saturated heterocycles. The molecular formula is C24H25NO4. The van der Waals surface area contributed by atoms with Gasteiger partial charge >= 0.3 is 11.9 Å². The summed E-state index contributed by atoms with van der Waals surface area (Å²) in [5, 5.41) is 20.0. The third-order valence-electron chi connectivity index (χ3n) is 4.15. The van der Waals surface area contributed by atoms with Crippen molar-refractivity contribution in [2.45, 2.75) is 26.2 Å². The molecule has 150 valence electrons. The van der Waals surface area contributed by atoms with Crippen LogP contribution in [0.4, 0.5) is 0 Å². The zero-order chi connectivity index (χ0) is 21.1. The highest BCUT2D eigenvalue weighted by Crippen LogP contribution is 2.18. The Labute approximate surface area is 169 Å². The van der Waals surface area contributed by atoms with Crippen molar-refractivity contribution in [2.75, 3.05) is 0 Å². The number of H-pyrrole nitrogens is 1. The maximum Gasteiger partial charge on any atom is 0.307 e. The van der Waals surface area contributed by atoms with Crippen molar-refractivity contribution in [1.29, 1.82) is 0 Å². The van der Waals surface area contributed by atoms with Gasteiger partial charge in [0.05, 0.1) is 6.42 Å². The van der Waals surface area contributed by atoms with E-state index in [0.717, 1.165) is 22.8 Å². The number of hydrogen-bond acceptors (Lipinski definition) is 2. The maximum atomic E-state index is 10.6. The minimum Gasteiger partial charge on any atom is -0.481 e. The molecule has 0 amide bonds. The highest BCUT2D eigenvalue weighted by molar-refractivity contribution is 5.88. The van der Waals surface area contributed by atoms with Gasteiger partial charge in [-0.1, -0.05) is 67.6 Å². The van der Waals surface area contributed by atoms with Crippen LogP contribution in [-0.2, 0) is 16.0 Å². The predicted molar refractivity (Wildman–Crippen MR) is 116 cm³/mol. The van der Waals surface area contributed by atoms with E-state index in [0.29, 0.717) is 6.42 Å². The van der Waals surface area contributed by atoms with Crippen molar-refractivity contribution in [2.24, 2.45) is 0 Å². The van der Waals surface area contributed by atoms with E-state index in [1.807, 2.05) is 67.7 Å². The zero-order valence-electron chi connectivity index (χ0n) is 16.3. The Morgan fingerprint density at radius 1 is 0.793 bits per heavy atom. The second-order valence-electron chi connectivity index (χ2n) is 6.42. The average Bonchev–Trinajstić information content (AvgIpc) is 3.18. The second-order valence-corrected chi connectivity index (χ2v) is 6.42.